The van der Waals surface area contributed by atoms with Gasteiger partial charge in [0.05, 0.1) is 12.9 Å². The van der Waals surface area contributed by atoms with Gasteiger partial charge >= 0.3 is 0 Å². The lowest BCUT2D eigenvalue weighted by atomic mass is 10.3. The molecule has 0 aromatic carbocycles. The molecule has 1 aromatic rings. The van der Waals surface area contributed by atoms with Gasteiger partial charge in [0.25, 0.3) is 0 Å². The van der Waals surface area contributed by atoms with Crippen molar-refractivity contribution in [2.75, 3.05) is 6.61 Å². The lowest BCUT2D eigenvalue weighted by Gasteiger charge is -1.85. The van der Waals surface area contributed by atoms with Crippen LogP contribution in [0.2, 0.25) is 0 Å². The fourth-order valence-electron chi connectivity index (χ4n) is 0.715. The molecule has 0 spiro atoms. The molecule has 54 valence electrons. The average Bonchev–Trinajstić information content (AvgIpc) is 2.31. The summed E-state index contributed by atoms with van der Waals surface area (Å²) in [7, 11) is 0. The third-order valence-electron chi connectivity index (χ3n) is 1.28. The van der Waals surface area contributed by atoms with Crippen LogP contribution in [-0.4, -0.2) is 11.7 Å². The molecule has 1 heterocycles. The molecular formula is C8H10O2. The van der Waals surface area contributed by atoms with Crippen LogP contribution >= 0.6 is 0 Å². The third-order valence-corrected chi connectivity index (χ3v) is 1.28. The van der Waals surface area contributed by atoms with Gasteiger partial charge < -0.3 is 9.52 Å². The van der Waals surface area contributed by atoms with Gasteiger partial charge in [0.15, 0.2) is 0 Å². The van der Waals surface area contributed by atoms with Gasteiger partial charge in [-0.15, -0.1) is 0 Å². The van der Waals surface area contributed by atoms with Crippen LogP contribution in [0.3, 0.4) is 0 Å². The Balaban J connectivity index is 2.74. The molecule has 0 amide bonds. The molecular weight excluding hydrogens is 128 g/mol. The minimum absolute atomic E-state index is 0.0557. The maximum absolute atomic E-state index is 8.43. The van der Waals surface area contributed by atoms with Crippen molar-refractivity contribution < 1.29 is 9.52 Å². The molecule has 10 heavy (non-hydrogen) atoms. The molecule has 0 aliphatic heterocycles. The number of furan rings is 1. The third kappa shape index (κ3) is 1.48. The van der Waals surface area contributed by atoms with E-state index < -0.39 is 0 Å². The van der Waals surface area contributed by atoms with Crippen molar-refractivity contribution >= 4 is 6.08 Å². The summed E-state index contributed by atoms with van der Waals surface area (Å²) in [4.78, 5) is 0. The predicted molar refractivity (Wildman–Crippen MR) is 39.6 cm³/mol. The average molecular weight is 138 g/mol. The quantitative estimate of drug-likeness (QED) is 0.673. The van der Waals surface area contributed by atoms with Gasteiger partial charge in [0, 0.05) is 0 Å². The first-order chi connectivity index (χ1) is 4.84. The van der Waals surface area contributed by atoms with Crippen molar-refractivity contribution in [3.05, 3.63) is 29.7 Å². The molecule has 0 bridgehead atoms. The Morgan fingerprint density at radius 3 is 3.00 bits per heavy atom. The number of hydrogen-bond acceptors (Lipinski definition) is 2. The summed E-state index contributed by atoms with van der Waals surface area (Å²) in [6, 6.07) is 1.89. The first-order valence-electron chi connectivity index (χ1n) is 3.16. The molecule has 0 fully saturated rings. The standard InChI is InChI=1S/C8H10O2/c1-7-4-6-10-8(7)3-2-5-9/h2-4,6,9H,5H2,1H3. The fourth-order valence-corrected chi connectivity index (χ4v) is 0.715. The largest absolute Gasteiger partial charge is 0.465 e. The SMILES string of the molecule is Cc1ccoc1C=CCO. The fraction of sp³-hybridized carbons (Fsp3) is 0.250. The zero-order valence-corrected chi connectivity index (χ0v) is 5.87. The molecule has 0 saturated carbocycles. The summed E-state index contributed by atoms with van der Waals surface area (Å²) in [5.41, 5.74) is 1.09. The maximum Gasteiger partial charge on any atom is 0.129 e. The number of rotatable bonds is 2. The van der Waals surface area contributed by atoms with Crippen molar-refractivity contribution in [2.24, 2.45) is 0 Å². The van der Waals surface area contributed by atoms with Crippen molar-refractivity contribution in [2.45, 2.75) is 6.92 Å². The molecule has 0 saturated heterocycles. The van der Waals surface area contributed by atoms with Crippen LogP contribution in [0, 0.1) is 6.92 Å². The van der Waals surface area contributed by atoms with Crippen LogP contribution in [0.1, 0.15) is 11.3 Å². The van der Waals surface area contributed by atoms with Crippen molar-refractivity contribution in [3.63, 3.8) is 0 Å². The van der Waals surface area contributed by atoms with E-state index >= 15 is 0 Å². The molecule has 0 atom stereocenters. The Labute approximate surface area is 59.8 Å². The van der Waals surface area contributed by atoms with Gasteiger partial charge in [0.2, 0.25) is 0 Å². The normalized spacial score (nSPS) is 11.0. The summed E-state index contributed by atoms with van der Waals surface area (Å²) < 4.78 is 5.07. The minimum atomic E-state index is 0.0557. The highest BCUT2D eigenvalue weighted by atomic mass is 16.3. The number of hydrogen-bond donors (Lipinski definition) is 1. The Hall–Kier alpha value is -1.02. The molecule has 1 N–H and O–H groups in total. The van der Waals surface area contributed by atoms with Gasteiger partial charge in [-0.1, -0.05) is 6.08 Å². The van der Waals surface area contributed by atoms with E-state index in [-0.39, 0.29) is 6.61 Å². The van der Waals surface area contributed by atoms with E-state index in [4.69, 9.17) is 9.52 Å². The van der Waals surface area contributed by atoms with E-state index in [1.165, 1.54) is 0 Å². The Kier molecular flexibility index (Phi) is 2.29. The highest BCUT2D eigenvalue weighted by Crippen LogP contribution is 2.09. The smallest absolute Gasteiger partial charge is 0.129 e. The maximum atomic E-state index is 8.43. The lowest BCUT2D eigenvalue weighted by molar-refractivity contribution is 0.343. The van der Waals surface area contributed by atoms with E-state index in [1.807, 2.05) is 13.0 Å². The number of aryl methyl sites for hydroxylation is 1. The van der Waals surface area contributed by atoms with Crippen LogP contribution in [0.15, 0.2) is 22.8 Å². The number of aliphatic hydroxyl groups excluding tert-OH is 1. The van der Waals surface area contributed by atoms with Crippen LogP contribution in [0.4, 0.5) is 0 Å². The Morgan fingerprint density at radius 1 is 1.70 bits per heavy atom. The summed E-state index contributed by atoms with van der Waals surface area (Å²) in [5.74, 6) is 0.814. The molecule has 2 heteroatoms. The second-order valence-electron chi connectivity index (χ2n) is 2.05. The Morgan fingerprint density at radius 2 is 2.50 bits per heavy atom. The second-order valence-corrected chi connectivity index (χ2v) is 2.05. The van der Waals surface area contributed by atoms with Crippen molar-refractivity contribution in [1.82, 2.24) is 0 Å². The van der Waals surface area contributed by atoms with Gasteiger partial charge in [0.1, 0.15) is 5.76 Å². The van der Waals surface area contributed by atoms with Crippen molar-refractivity contribution in [1.29, 1.82) is 0 Å². The first-order valence-corrected chi connectivity index (χ1v) is 3.16. The predicted octanol–water partition coefficient (Wildman–Crippen LogP) is 1.59. The molecule has 0 radical (unpaired) electrons. The monoisotopic (exact) mass is 138 g/mol. The summed E-state index contributed by atoms with van der Waals surface area (Å²) in [5, 5.41) is 8.43. The van der Waals surface area contributed by atoms with E-state index in [2.05, 4.69) is 0 Å². The second kappa shape index (κ2) is 3.22. The minimum Gasteiger partial charge on any atom is -0.465 e. The highest BCUT2D eigenvalue weighted by molar-refractivity contribution is 5.46. The zero-order chi connectivity index (χ0) is 7.40. The Bertz CT molecular complexity index is 223. The van der Waals surface area contributed by atoms with Crippen LogP contribution < -0.4 is 0 Å². The highest BCUT2D eigenvalue weighted by Gasteiger charge is 1.93. The first kappa shape index (κ1) is 7.09. The molecule has 0 unspecified atom stereocenters. The molecule has 2 nitrogen and oxygen atoms in total. The van der Waals surface area contributed by atoms with Gasteiger partial charge in [-0.25, -0.2) is 0 Å². The van der Waals surface area contributed by atoms with E-state index in [1.54, 1.807) is 18.4 Å². The summed E-state index contributed by atoms with van der Waals surface area (Å²) in [6.07, 6.45) is 5.04. The van der Waals surface area contributed by atoms with Crippen LogP contribution in [0.5, 0.6) is 0 Å². The molecule has 1 rings (SSSR count). The van der Waals surface area contributed by atoms with E-state index in [9.17, 15) is 0 Å². The zero-order valence-electron chi connectivity index (χ0n) is 5.87. The molecule has 0 aliphatic rings. The van der Waals surface area contributed by atoms with E-state index in [0.717, 1.165) is 11.3 Å². The lowest BCUT2D eigenvalue weighted by Crippen LogP contribution is -1.72. The topological polar surface area (TPSA) is 33.4 Å². The van der Waals surface area contributed by atoms with Gasteiger partial charge in [-0.05, 0) is 24.6 Å². The molecule has 0 aliphatic carbocycles. The molecule has 1 aromatic heterocycles. The number of aliphatic hydroxyl groups is 1. The van der Waals surface area contributed by atoms with Gasteiger partial charge in [-0.3, -0.25) is 0 Å². The van der Waals surface area contributed by atoms with Gasteiger partial charge in [-0.2, -0.15) is 0 Å². The van der Waals surface area contributed by atoms with Crippen molar-refractivity contribution in [3.8, 4) is 0 Å². The van der Waals surface area contributed by atoms with Crippen LogP contribution in [0.25, 0.3) is 6.08 Å². The summed E-state index contributed by atoms with van der Waals surface area (Å²) >= 11 is 0. The summed E-state index contributed by atoms with van der Waals surface area (Å²) in [6.45, 7) is 2.01. The van der Waals surface area contributed by atoms with Crippen LogP contribution in [-0.2, 0) is 0 Å². The van der Waals surface area contributed by atoms with E-state index in [0.29, 0.717) is 0 Å².